The van der Waals surface area contributed by atoms with Gasteiger partial charge in [-0.1, -0.05) is 163 Å². The number of rotatable bonds is 6. The lowest BCUT2D eigenvalue weighted by Crippen LogP contribution is -2.00. The number of benzene rings is 6. The summed E-state index contributed by atoms with van der Waals surface area (Å²) in [5, 5.41) is 7.74. The average molecular weight is 656 g/mol. The Balaban J connectivity index is 1.29. The molecule has 0 aliphatic rings. The molecule has 5 heteroatoms. The van der Waals surface area contributed by atoms with Crippen LogP contribution >= 0.6 is 0 Å². The summed E-state index contributed by atoms with van der Waals surface area (Å²) in [5.41, 5.74) is 12.4. The molecule has 6 aromatic carbocycles. The largest absolute Gasteiger partial charge is 0.231 e. The standard InChI is InChI=1S/C46H33N5/c1-30-20-24-34(25-21-30)44-47-45(35-26-22-31(2)23-27-35)49-46(48-44)38-18-11-17-37(28-38)42-41(33-14-7-4-8-15-33)43-39-19-10-9-16-36(39)29-40(51(43)50-42)32-12-5-3-6-13-32/h3-29H,1-2H3. The second-order valence-electron chi connectivity index (χ2n) is 13.0. The van der Waals surface area contributed by atoms with E-state index >= 15 is 0 Å². The molecule has 0 bridgehead atoms. The normalized spacial score (nSPS) is 11.3. The van der Waals surface area contributed by atoms with Crippen molar-refractivity contribution < 1.29 is 0 Å². The van der Waals surface area contributed by atoms with Crippen LogP contribution in [0.25, 0.3) is 84.1 Å². The smallest absolute Gasteiger partial charge is 0.164 e. The van der Waals surface area contributed by atoms with Crippen molar-refractivity contribution in [2.45, 2.75) is 13.8 Å². The van der Waals surface area contributed by atoms with Gasteiger partial charge in [0.05, 0.1) is 11.2 Å². The van der Waals surface area contributed by atoms with Gasteiger partial charge < -0.3 is 0 Å². The van der Waals surface area contributed by atoms with Crippen molar-refractivity contribution in [1.29, 1.82) is 0 Å². The second kappa shape index (κ2) is 12.6. The van der Waals surface area contributed by atoms with Gasteiger partial charge in [-0.2, -0.15) is 5.10 Å². The van der Waals surface area contributed by atoms with Crippen molar-refractivity contribution in [2.75, 3.05) is 0 Å². The molecule has 9 aromatic rings. The molecule has 0 aliphatic heterocycles. The maximum atomic E-state index is 5.43. The lowest BCUT2D eigenvalue weighted by Gasteiger charge is -2.11. The molecular formula is C46H33N5. The summed E-state index contributed by atoms with van der Waals surface area (Å²) in [4.78, 5) is 15.1. The number of aryl methyl sites for hydroxylation is 2. The Labute approximate surface area is 296 Å². The minimum Gasteiger partial charge on any atom is -0.231 e. The summed E-state index contributed by atoms with van der Waals surface area (Å²) < 4.78 is 2.12. The number of pyridine rings is 1. The van der Waals surface area contributed by atoms with E-state index in [0.717, 1.165) is 61.2 Å². The number of nitrogens with zero attached hydrogens (tertiary/aromatic N) is 5. The summed E-state index contributed by atoms with van der Waals surface area (Å²) in [7, 11) is 0. The zero-order chi connectivity index (χ0) is 34.3. The Morgan fingerprint density at radius 2 is 0.922 bits per heavy atom. The van der Waals surface area contributed by atoms with E-state index in [-0.39, 0.29) is 0 Å². The highest BCUT2D eigenvalue weighted by molar-refractivity contribution is 6.08. The molecule has 0 atom stereocenters. The topological polar surface area (TPSA) is 56.0 Å². The van der Waals surface area contributed by atoms with E-state index < -0.39 is 0 Å². The van der Waals surface area contributed by atoms with Crippen LogP contribution in [0.5, 0.6) is 0 Å². The first-order valence-electron chi connectivity index (χ1n) is 17.2. The third kappa shape index (κ3) is 5.65. The Hall–Kier alpha value is -6.72. The van der Waals surface area contributed by atoms with E-state index in [1.165, 1.54) is 16.5 Å². The van der Waals surface area contributed by atoms with Crippen LogP contribution in [-0.4, -0.2) is 24.6 Å². The van der Waals surface area contributed by atoms with Crippen molar-refractivity contribution >= 4 is 16.3 Å². The molecule has 0 radical (unpaired) electrons. The molecule has 9 rings (SSSR count). The first-order valence-corrected chi connectivity index (χ1v) is 17.2. The van der Waals surface area contributed by atoms with Gasteiger partial charge in [0.2, 0.25) is 0 Å². The molecule has 0 aliphatic carbocycles. The van der Waals surface area contributed by atoms with Crippen LogP contribution in [-0.2, 0) is 0 Å². The van der Waals surface area contributed by atoms with E-state index in [4.69, 9.17) is 20.1 Å². The van der Waals surface area contributed by atoms with Crippen molar-refractivity contribution in [3.8, 4) is 67.8 Å². The highest BCUT2D eigenvalue weighted by Gasteiger charge is 2.22. The molecule has 0 unspecified atom stereocenters. The van der Waals surface area contributed by atoms with Crippen molar-refractivity contribution in [2.24, 2.45) is 0 Å². The van der Waals surface area contributed by atoms with Crippen LogP contribution in [0, 0.1) is 13.8 Å². The first-order chi connectivity index (χ1) is 25.1. The molecule has 5 nitrogen and oxygen atoms in total. The zero-order valence-corrected chi connectivity index (χ0v) is 28.3. The van der Waals surface area contributed by atoms with Crippen LogP contribution in [0.3, 0.4) is 0 Å². The molecule has 0 spiro atoms. The molecular weight excluding hydrogens is 623 g/mol. The van der Waals surface area contributed by atoms with Gasteiger partial charge in [0, 0.05) is 38.8 Å². The van der Waals surface area contributed by atoms with E-state index in [1.54, 1.807) is 0 Å². The van der Waals surface area contributed by atoms with Crippen LogP contribution in [0.2, 0.25) is 0 Å². The molecule has 0 saturated heterocycles. The van der Waals surface area contributed by atoms with Gasteiger partial charge >= 0.3 is 0 Å². The van der Waals surface area contributed by atoms with E-state index in [0.29, 0.717) is 17.5 Å². The fourth-order valence-corrected chi connectivity index (χ4v) is 6.76. The van der Waals surface area contributed by atoms with Crippen molar-refractivity contribution in [3.63, 3.8) is 0 Å². The molecule has 0 N–H and O–H groups in total. The molecule has 3 heterocycles. The van der Waals surface area contributed by atoms with Crippen LogP contribution in [0.15, 0.2) is 164 Å². The second-order valence-corrected chi connectivity index (χ2v) is 13.0. The predicted molar refractivity (Wildman–Crippen MR) is 208 cm³/mol. The van der Waals surface area contributed by atoms with Crippen LogP contribution in [0.4, 0.5) is 0 Å². The Morgan fingerprint density at radius 1 is 0.412 bits per heavy atom. The zero-order valence-electron chi connectivity index (χ0n) is 28.3. The fraction of sp³-hybridized carbons (Fsp3) is 0.0435. The Kier molecular flexibility index (Phi) is 7.51. The van der Waals surface area contributed by atoms with E-state index in [2.05, 4.69) is 176 Å². The number of aromatic nitrogens is 5. The summed E-state index contributed by atoms with van der Waals surface area (Å²) in [6.07, 6.45) is 0. The maximum Gasteiger partial charge on any atom is 0.164 e. The maximum absolute atomic E-state index is 5.43. The summed E-state index contributed by atoms with van der Waals surface area (Å²) >= 11 is 0. The minimum atomic E-state index is 0.610. The lowest BCUT2D eigenvalue weighted by molar-refractivity contribution is 0.979. The molecule has 242 valence electrons. The van der Waals surface area contributed by atoms with Crippen LogP contribution < -0.4 is 0 Å². The summed E-state index contributed by atoms with van der Waals surface area (Å²) in [6, 6.07) is 56.9. The van der Waals surface area contributed by atoms with Gasteiger partial charge in [-0.15, -0.1) is 0 Å². The molecule has 51 heavy (non-hydrogen) atoms. The average Bonchev–Trinajstić information content (AvgIpc) is 3.60. The van der Waals surface area contributed by atoms with E-state index in [1.807, 2.05) is 6.07 Å². The number of hydrogen-bond acceptors (Lipinski definition) is 4. The number of hydrogen-bond donors (Lipinski definition) is 0. The molecule has 0 amide bonds. The van der Waals surface area contributed by atoms with Crippen molar-refractivity contribution in [3.05, 3.63) is 175 Å². The Bertz CT molecular complexity index is 2610. The quantitative estimate of drug-likeness (QED) is 0.179. The van der Waals surface area contributed by atoms with Gasteiger partial charge in [0.15, 0.2) is 17.5 Å². The van der Waals surface area contributed by atoms with Gasteiger partial charge in [-0.05, 0) is 36.9 Å². The molecule has 3 aromatic heterocycles. The summed E-state index contributed by atoms with van der Waals surface area (Å²) in [6.45, 7) is 4.17. The van der Waals surface area contributed by atoms with Gasteiger partial charge in [-0.3, -0.25) is 0 Å². The van der Waals surface area contributed by atoms with Gasteiger partial charge in [-0.25, -0.2) is 19.5 Å². The van der Waals surface area contributed by atoms with E-state index in [9.17, 15) is 0 Å². The van der Waals surface area contributed by atoms with Crippen LogP contribution in [0.1, 0.15) is 11.1 Å². The monoisotopic (exact) mass is 655 g/mol. The third-order valence-electron chi connectivity index (χ3n) is 9.40. The van der Waals surface area contributed by atoms with Gasteiger partial charge in [0.25, 0.3) is 0 Å². The minimum absolute atomic E-state index is 0.610. The predicted octanol–water partition coefficient (Wildman–Crippen LogP) is 11.3. The SMILES string of the molecule is Cc1ccc(-c2nc(-c3ccc(C)cc3)nc(-c3cccc(-c4nn5c(-c6ccccc6)cc6ccccc6c5c4-c4ccccc4)c3)n2)cc1. The molecule has 0 fully saturated rings. The molecule has 0 saturated carbocycles. The number of fused-ring (bicyclic) bond motifs is 3. The first kappa shape index (κ1) is 30.3. The summed E-state index contributed by atoms with van der Waals surface area (Å²) in [5.74, 6) is 1.88. The van der Waals surface area contributed by atoms with Crippen molar-refractivity contribution in [1.82, 2.24) is 24.6 Å². The highest BCUT2D eigenvalue weighted by atomic mass is 15.2. The van der Waals surface area contributed by atoms with Gasteiger partial charge in [0.1, 0.15) is 5.69 Å². The Morgan fingerprint density at radius 3 is 1.55 bits per heavy atom. The fourth-order valence-electron chi connectivity index (χ4n) is 6.76. The third-order valence-corrected chi connectivity index (χ3v) is 9.40. The lowest BCUT2D eigenvalue weighted by atomic mass is 9.96. The highest BCUT2D eigenvalue weighted by Crippen LogP contribution is 2.41.